The van der Waals surface area contributed by atoms with Crippen LogP contribution in [-0.4, -0.2) is 52.2 Å². The number of benzene rings is 1. The fourth-order valence-electron chi connectivity index (χ4n) is 4.56. The number of anilines is 2. The SMILES string of the molecule is Cc1ccc(NC(=O)N2CCN(c3ccc(-c4noc(C5CCCC5)n4)cn3)CC2)cc1C. The van der Waals surface area contributed by atoms with E-state index in [-0.39, 0.29) is 6.03 Å². The number of nitrogens with zero attached hydrogens (tertiary/aromatic N) is 5. The van der Waals surface area contributed by atoms with Crippen LogP contribution >= 0.6 is 0 Å². The van der Waals surface area contributed by atoms with Gasteiger partial charge >= 0.3 is 6.03 Å². The number of pyridine rings is 1. The van der Waals surface area contributed by atoms with Crippen molar-refractivity contribution in [1.29, 1.82) is 0 Å². The minimum absolute atomic E-state index is 0.0589. The lowest BCUT2D eigenvalue weighted by molar-refractivity contribution is 0.208. The molecule has 1 N–H and O–H groups in total. The molecule has 0 spiro atoms. The molecule has 3 heterocycles. The number of rotatable bonds is 4. The number of piperazine rings is 1. The highest BCUT2D eigenvalue weighted by atomic mass is 16.5. The van der Waals surface area contributed by atoms with Crippen LogP contribution in [0.2, 0.25) is 0 Å². The number of hydrogen-bond acceptors (Lipinski definition) is 6. The Morgan fingerprint density at radius 2 is 1.82 bits per heavy atom. The van der Waals surface area contributed by atoms with Gasteiger partial charge in [-0.05, 0) is 62.1 Å². The van der Waals surface area contributed by atoms with Crippen LogP contribution in [0.15, 0.2) is 41.1 Å². The van der Waals surface area contributed by atoms with Gasteiger partial charge in [-0.1, -0.05) is 24.1 Å². The van der Waals surface area contributed by atoms with Crippen molar-refractivity contribution < 1.29 is 9.32 Å². The Morgan fingerprint density at radius 3 is 2.52 bits per heavy atom. The molecule has 5 rings (SSSR count). The van der Waals surface area contributed by atoms with E-state index in [4.69, 9.17) is 4.52 Å². The molecule has 1 saturated carbocycles. The van der Waals surface area contributed by atoms with Gasteiger partial charge in [0.1, 0.15) is 5.82 Å². The maximum absolute atomic E-state index is 12.7. The maximum Gasteiger partial charge on any atom is 0.321 e. The highest BCUT2D eigenvalue weighted by Crippen LogP contribution is 2.34. The molecule has 172 valence electrons. The number of amides is 2. The van der Waals surface area contributed by atoms with Crippen LogP contribution in [0.1, 0.15) is 48.6 Å². The fourth-order valence-corrected chi connectivity index (χ4v) is 4.56. The molecule has 1 aliphatic carbocycles. The van der Waals surface area contributed by atoms with Gasteiger partial charge in [0.25, 0.3) is 0 Å². The normalized spacial score (nSPS) is 16.9. The van der Waals surface area contributed by atoms with E-state index in [2.05, 4.69) is 39.2 Å². The average molecular weight is 447 g/mol. The molecule has 1 aromatic carbocycles. The largest absolute Gasteiger partial charge is 0.353 e. The molecule has 0 unspecified atom stereocenters. The first-order valence-corrected chi connectivity index (χ1v) is 11.7. The van der Waals surface area contributed by atoms with E-state index >= 15 is 0 Å². The predicted octanol–water partition coefficient (Wildman–Crippen LogP) is 4.76. The summed E-state index contributed by atoms with van der Waals surface area (Å²) in [6.45, 7) is 6.89. The van der Waals surface area contributed by atoms with Gasteiger partial charge in [-0.25, -0.2) is 9.78 Å². The lowest BCUT2D eigenvalue weighted by Gasteiger charge is -2.35. The summed E-state index contributed by atoms with van der Waals surface area (Å²) < 4.78 is 5.50. The molecular formula is C25H30N6O2. The Labute approximate surface area is 194 Å². The Bertz CT molecular complexity index is 1110. The standard InChI is InChI=1S/C25H30N6O2/c1-17-7-9-21(15-18(17)2)27-25(32)31-13-11-30(12-14-31)22-10-8-20(16-26-22)23-28-24(33-29-23)19-5-3-4-6-19/h7-10,15-16,19H,3-6,11-14H2,1-2H3,(H,27,32). The Morgan fingerprint density at radius 1 is 1.03 bits per heavy atom. The number of carbonyl (C=O) groups excluding carboxylic acids is 1. The number of urea groups is 1. The molecule has 8 nitrogen and oxygen atoms in total. The van der Waals surface area contributed by atoms with Gasteiger partial charge in [0.2, 0.25) is 11.7 Å². The molecule has 1 saturated heterocycles. The number of aryl methyl sites for hydroxylation is 2. The summed E-state index contributed by atoms with van der Waals surface area (Å²) in [4.78, 5) is 25.9. The summed E-state index contributed by atoms with van der Waals surface area (Å²) in [7, 11) is 0. The van der Waals surface area contributed by atoms with Crippen LogP contribution in [-0.2, 0) is 0 Å². The van der Waals surface area contributed by atoms with Gasteiger partial charge in [-0.15, -0.1) is 0 Å². The molecule has 0 bridgehead atoms. The van der Waals surface area contributed by atoms with Crippen LogP contribution in [0.5, 0.6) is 0 Å². The highest BCUT2D eigenvalue weighted by molar-refractivity contribution is 5.89. The third-order valence-electron chi connectivity index (χ3n) is 6.80. The molecule has 2 amide bonds. The van der Waals surface area contributed by atoms with Crippen molar-refractivity contribution in [1.82, 2.24) is 20.0 Å². The van der Waals surface area contributed by atoms with Crippen molar-refractivity contribution in [3.8, 4) is 11.4 Å². The summed E-state index contributed by atoms with van der Waals surface area (Å²) in [6.07, 6.45) is 6.54. The van der Waals surface area contributed by atoms with Gasteiger partial charge in [-0.2, -0.15) is 4.98 Å². The molecule has 2 aromatic heterocycles. The van der Waals surface area contributed by atoms with Crippen molar-refractivity contribution in [2.45, 2.75) is 45.4 Å². The van der Waals surface area contributed by atoms with Gasteiger partial charge in [-0.3, -0.25) is 0 Å². The van der Waals surface area contributed by atoms with E-state index in [9.17, 15) is 4.79 Å². The second-order valence-electron chi connectivity index (χ2n) is 9.05. The second-order valence-corrected chi connectivity index (χ2v) is 9.05. The summed E-state index contributed by atoms with van der Waals surface area (Å²) in [6, 6.07) is 9.91. The van der Waals surface area contributed by atoms with E-state index in [1.165, 1.54) is 24.0 Å². The smallest absolute Gasteiger partial charge is 0.321 e. The number of carbonyl (C=O) groups is 1. The van der Waals surface area contributed by atoms with Crippen molar-refractivity contribution in [3.05, 3.63) is 53.5 Å². The summed E-state index contributed by atoms with van der Waals surface area (Å²) in [5.74, 6) is 2.65. The number of nitrogens with one attached hydrogen (secondary N) is 1. The van der Waals surface area contributed by atoms with Crippen molar-refractivity contribution in [3.63, 3.8) is 0 Å². The molecule has 1 aliphatic heterocycles. The molecule has 3 aromatic rings. The van der Waals surface area contributed by atoms with Gasteiger partial charge < -0.3 is 19.6 Å². The van der Waals surface area contributed by atoms with E-state index in [0.29, 0.717) is 24.8 Å². The zero-order chi connectivity index (χ0) is 22.8. The van der Waals surface area contributed by atoms with Crippen LogP contribution in [0.4, 0.5) is 16.3 Å². The van der Waals surface area contributed by atoms with Crippen LogP contribution in [0.3, 0.4) is 0 Å². The second kappa shape index (κ2) is 9.21. The van der Waals surface area contributed by atoms with Crippen LogP contribution < -0.4 is 10.2 Å². The summed E-state index contributed by atoms with van der Waals surface area (Å²) in [5, 5.41) is 7.17. The van der Waals surface area contributed by atoms with Gasteiger partial charge in [0.05, 0.1) is 0 Å². The molecular weight excluding hydrogens is 416 g/mol. The van der Waals surface area contributed by atoms with Crippen LogP contribution in [0.25, 0.3) is 11.4 Å². The highest BCUT2D eigenvalue weighted by Gasteiger charge is 2.24. The molecule has 8 heteroatoms. The molecule has 33 heavy (non-hydrogen) atoms. The summed E-state index contributed by atoms with van der Waals surface area (Å²) in [5.41, 5.74) is 4.08. The van der Waals surface area contributed by atoms with E-state index < -0.39 is 0 Å². The molecule has 0 radical (unpaired) electrons. The third-order valence-corrected chi connectivity index (χ3v) is 6.80. The van der Waals surface area contributed by atoms with Crippen molar-refractivity contribution in [2.24, 2.45) is 0 Å². The van der Waals surface area contributed by atoms with E-state index in [0.717, 1.165) is 48.9 Å². The number of hydrogen-bond donors (Lipinski definition) is 1. The zero-order valence-corrected chi connectivity index (χ0v) is 19.3. The fraction of sp³-hybridized carbons (Fsp3) is 0.440. The first-order chi connectivity index (χ1) is 16.1. The minimum Gasteiger partial charge on any atom is -0.353 e. The third kappa shape index (κ3) is 4.69. The number of aromatic nitrogens is 3. The first-order valence-electron chi connectivity index (χ1n) is 11.7. The Kier molecular flexibility index (Phi) is 5.98. The quantitative estimate of drug-likeness (QED) is 0.622. The lowest BCUT2D eigenvalue weighted by atomic mass is 10.1. The van der Waals surface area contributed by atoms with Gasteiger partial charge in [0.15, 0.2) is 0 Å². The Balaban J connectivity index is 1.16. The summed E-state index contributed by atoms with van der Waals surface area (Å²) >= 11 is 0. The predicted molar refractivity (Wildman–Crippen MR) is 127 cm³/mol. The minimum atomic E-state index is -0.0589. The maximum atomic E-state index is 12.7. The molecule has 2 aliphatic rings. The monoisotopic (exact) mass is 446 g/mol. The van der Waals surface area contributed by atoms with Crippen LogP contribution in [0, 0.1) is 13.8 Å². The van der Waals surface area contributed by atoms with Crippen molar-refractivity contribution >= 4 is 17.5 Å². The van der Waals surface area contributed by atoms with E-state index in [1.807, 2.05) is 35.2 Å². The van der Waals surface area contributed by atoms with E-state index in [1.54, 1.807) is 6.20 Å². The topological polar surface area (TPSA) is 87.4 Å². The van der Waals surface area contributed by atoms with Crippen molar-refractivity contribution in [2.75, 3.05) is 36.4 Å². The Hall–Kier alpha value is -3.42. The zero-order valence-electron chi connectivity index (χ0n) is 19.3. The molecule has 0 atom stereocenters. The lowest BCUT2D eigenvalue weighted by Crippen LogP contribution is -2.50. The first kappa shape index (κ1) is 21.4. The average Bonchev–Trinajstić information content (AvgIpc) is 3.54. The molecule has 2 fully saturated rings. The van der Waals surface area contributed by atoms with Gasteiger partial charge in [0, 0.05) is 49.5 Å².